The van der Waals surface area contributed by atoms with Crippen LogP contribution in [0.3, 0.4) is 0 Å². The number of hydrogen-bond acceptors (Lipinski definition) is 6. The van der Waals surface area contributed by atoms with Gasteiger partial charge in [0.15, 0.2) is 5.76 Å². The highest BCUT2D eigenvalue weighted by Crippen LogP contribution is 2.47. The third-order valence-corrected chi connectivity index (χ3v) is 6.98. The Labute approximate surface area is 207 Å². The Hall–Kier alpha value is -3.55. The Morgan fingerprint density at radius 2 is 1.69 bits per heavy atom. The van der Waals surface area contributed by atoms with Crippen molar-refractivity contribution in [1.29, 1.82) is 0 Å². The number of ether oxygens (including phenoxy) is 1. The zero-order valence-corrected chi connectivity index (χ0v) is 20.8. The zero-order valence-electron chi connectivity index (χ0n) is 20.8. The summed E-state index contributed by atoms with van der Waals surface area (Å²) >= 11 is 0. The van der Waals surface area contributed by atoms with Crippen molar-refractivity contribution < 1.29 is 14.6 Å². The molecular formula is C28H34N4O3. The normalized spacial score (nSPS) is 18.9. The molecule has 0 saturated carbocycles. The van der Waals surface area contributed by atoms with E-state index in [0.29, 0.717) is 35.9 Å². The Morgan fingerprint density at radius 3 is 2.31 bits per heavy atom. The second-order valence-electron chi connectivity index (χ2n) is 8.67. The van der Waals surface area contributed by atoms with Crippen molar-refractivity contribution in [2.45, 2.75) is 33.4 Å². The molecular weight excluding hydrogens is 440 g/mol. The highest BCUT2D eigenvalue weighted by atomic mass is 16.5. The van der Waals surface area contributed by atoms with Gasteiger partial charge in [-0.1, -0.05) is 38.1 Å². The molecule has 1 atom stereocenters. The first-order chi connectivity index (χ1) is 16.8. The van der Waals surface area contributed by atoms with E-state index in [1.54, 1.807) is 12.1 Å². The Bertz CT molecular complexity index is 1240. The minimum absolute atomic E-state index is 0.218. The minimum atomic E-state index is -1.01. The molecule has 0 radical (unpaired) electrons. The maximum absolute atomic E-state index is 12.2. The van der Waals surface area contributed by atoms with E-state index in [4.69, 9.17) is 16.2 Å². The lowest BCUT2D eigenvalue weighted by molar-refractivity contribution is 0.0696. The van der Waals surface area contributed by atoms with Gasteiger partial charge in [0.2, 0.25) is 0 Å². The molecule has 0 aromatic heterocycles. The van der Waals surface area contributed by atoms with Crippen LogP contribution in [0.1, 0.15) is 49.2 Å². The van der Waals surface area contributed by atoms with Crippen LogP contribution in [-0.4, -0.2) is 47.8 Å². The van der Waals surface area contributed by atoms with Crippen molar-refractivity contribution in [2.75, 3.05) is 31.1 Å². The van der Waals surface area contributed by atoms with Gasteiger partial charge in [0.25, 0.3) is 0 Å². The molecule has 4 rings (SSSR count). The summed E-state index contributed by atoms with van der Waals surface area (Å²) in [6.45, 7) is 11.4. The van der Waals surface area contributed by atoms with Crippen LogP contribution in [0.15, 0.2) is 71.6 Å². The van der Waals surface area contributed by atoms with Gasteiger partial charge in [-0.3, -0.25) is 4.90 Å². The van der Waals surface area contributed by atoms with Gasteiger partial charge in [-0.05, 0) is 56.8 Å². The van der Waals surface area contributed by atoms with Crippen LogP contribution >= 0.6 is 0 Å². The molecule has 0 bridgehead atoms. The number of carboxylic acids is 1. The molecule has 1 aliphatic heterocycles. The Morgan fingerprint density at radius 1 is 1.00 bits per heavy atom. The van der Waals surface area contributed by atoms with Crippen LogP contribution in [0.4, 0.5) is 5.69 Å². The number of likely N-dealkylation sites (N-methyl/N-ethyl adjacent to an activating group) is 1. The van der Waals surface area contributed by atoms with E-state index >= 15 is 0 Å². The summed E-state index contributed by atoms with van der Waals surface area (Å²) in [6, 6.07) is 13.1. The molecule has 2 aromatic rings. The molecule has 184 valence electrons. The van der Waals surface area contributed by atoms with Gasteiger partial charge in [-0.2, -0.15) is 0 Å². The number of carboxylic acid groups (broad SMARTS) is 1. The summed E-state index contributed by atoms with van der Waals surface area (Å²) in [5.74, 6) is 0.112. The van der Waals surface area contributed by atoms with E-state index in [9.17, 15) is 9.90 Å². The number of hydrogen-bond donors (Lipinski definition) is 3. The maximum atomic E-state index is 12.2. The first-order valence-electron chi connectivity index (χ1n) is 12.2. The molecule has 0 spiro atoms. The monoisotopic (exact) mass is 474 g/mol. The van der Waals surface area contributed by atoms with Crippen LogP contribution in [0, 0.1) is 0 Å². The molecule has 1 heterocycles. The molecule has 1 aliphatic carbocycles. The fraction of sp³-hybridized carbons (Fsp3) is 0.321. The van der Waals surface area contributed by atoms with Crippen molar-refractivity contribution >= 4 is 17.2 Å². The van der Waals surface area contributed by atoms with Crippen molar-refractivity contribution in [3.63, 3.8) is 0 Å². The zero-order chi connectivity index (χ0) is 25.3. The van der Waals surface area contributed by atoms with E-state index in [0.717, 1.165) is 35.5 Å². The lowest BCUT2D eigenvalue weighted by Crippen LogP contribution is -2.59. The largest absolute Gasteiger partial charge is 0.478 e. The van der Waals surface area contributed by atoms with Gasteiger partial charge >= 0.3 is 5.97 Å². The maximum Gasteiger partial charge on any atom is 0.336 e. The van der Waals surface area contributed by atoms with Crippen LogP contribution in [0.25, 0.3) is 5.57 Å². The van der Waals surface area contributed by atoms with Crippen molar-refractivity contribution in [1.82, 2.24) is 4.90 Å². The van der Waals surface area contributed by atoms with Gasteiger partial charge in [0, 0.05) is 41.6 Å². The fourth-order valence-corrected chi connectivity index (χ4v) is 5.05. The summed E-state index contributed by atoms with van der Waals surface area (Å²) in [7, 11) is 0. The van der Waals surface area contributed by atoms with Crippen LogP contribution in [0.5, 0.6) is 5.75 Å². The average Bonchev–Trinajstić information content (AvgIpc) is 2.86. The van der Waals surface area contributed by atoms with Crippen LogP contribution in [-0.2, 0) is 0 Å². The summed E-state index contributed by atoms with van der Waals surface area (Å²) in [6.07, 6.45) is 3.80. The smallest absolute Gasteiger partial charge is 0.336 e. The fourth-order valence-electron chi connectivity index (χ4n) is 5.05. The number of nitrogens with two attached hydrogens (primary N) is 2. The van der Waals surface area contributed by atoms with Crippen LogP contribution in [0.2, 0.25) is 0 Å². The molecule has 0 saturated heterocycles. The molecule has 7 nitrogen and oxygen atoms in total. The summed E-state index contributed by atoms with van der Waals surface area (Å²) in [4.78, 5) is 16.4. The van der Waals surface area contributed by atoms with Crippen molar-refractivity contribution in [2.24, 2.45) is 11.5 Å². The first-order valence-corrected chi connectivity index (χ1v) is 12.2. The van der Waals surface area contributed by atoms with E-state index in [1.807, 2.05) is 56.3 Å². The van der Waals surface area contributed by atoms with E-state index in [2.05, 4.69) is 23.6 Å². The summed E-state index contributed by atoms with van der Waals surface area (Å²) < 4.78 is 6.48. The molecule has 2 aromatic carbocycles. The number of nitrogens with zero attached hydrogens (tertiary/aromatic N) is 2. The quantitative estimate of drug-likeness (QED) is 0.493. The average molecular weight is 475 g/mol. The number of aromatic carboxylic acids is 1. The Kier molecular flexibility index (Phi) is 6.74. The number of anilines is 1. The van der Waals surface area contributed by atoms with Gasteiger partial charge in [0.1, 0.15) is 11.4 Å². The molecule has 35 heavy (non-hydrogen) atoms. The van der Waals surface area contributed by atoms with Gasteiger partial charge in [0.05, 0.1) is 11.3 Å². The van der Waals surface area contributed by atoms with Gasteiger partial charge in [-0.15, -0.1) is 0 Å². The van der Waals surface area contributed by atoms with Crippen molar-refractivity contribution in [3.05, 3.63) is 88.3 Å². The minimum Gasteiger partial charge on any atom is -0.478 e. The van der Waals surface area contributed by atoms with E-state index < -0.39 is 11.6 Å². The van der Waals surface area contributed by atoms with E-state index in [-0.39, 0.29) is 5.56 Å². The third kappa shape index (κ3) is 4.00. The summed E-state index contributed by atoms with van der Waals surface area (Å²) in [5, 5.41) is 9.95. The second-order valence-corrected chi connectivity index (χ2v) is 8.67. The highest BCUT2D eigenvalue weighted by Gasteiger charge is 2.40. The van der Waals surface area contributed by atoms with E-state index in [1.165, 1.54) is 0 Å². The topological polar surface area (TPSA) is 105 Å². The number of allylic oxidation sites excluding steroid dienone is 1. The predicted molar refractivity (Wildman–Crippen MR) is 140 cm³/mol. The van der Waals surface area contributed by atoms with Gasteiger partial charge in [-0.25, -0.2) is 4.79 Å². The number of rotatable bonds is 8. The highest BCUT2D eigenvalue weighted by molar-refractivity contribution is 6.00. The molecule has 5 N–H and O–H groups in total. The van der Waals surface area contributed by atoms with Gasteiger partial charge < -0.3 is 26.2 Å². The number of fused-ring (bicyclic) bond motifs is 2. The Balaban J connectivity index is 2.03. The number of benzene rings is 2. The SMILES string of the molecule is CCN(CC)c1ccc2c(c1)OC1=C(N)C(N)(N(CC)CC)C=CC1=C2c1ccccc1C(=O)O. The first kappa shape index (κ1) is 24.6. The lowest BCUT2D eigenvalue weighted by atomic mass is 9.83. The third-order valence-electron chi connectivity index (χ3n) is 6.98. The standard InChI is InChI=1S/C28H34N4O3/c1-5-31(6-2)18-13-14-21-23(17-18)35-25-22(15-16-28(30,26(25)29)32(7-3)8-4)24(21)19-11-9-10-12-20(19)27(33)34/h9-17H,5-8,29-30H2,1-4H3,(H,33,34). The van der Waals surface area contributed by atoms with Crippen molar-refractivity contribution in [3.8, 4) is 5.75 Å². The predicted octanol–water partition coefficient (Wildman–Crippen LogP) is 4.16. The molecule has 0 fully saturated rings. The second kappa shape index (κ2) is 9.60. The molecule has 1 unspecified atom stereocenters. The lowest BCUT2D eigenvalue weighted by Gasteiger charge is -2.42. The molecule has 0 amide bonds. The molecule has 7 heteroatoms. The molecule has 2 aliphatic rings. The van der Waals surface area contributed by atoms with Crippen LogP contribution < -0.4 is 21.1 Å². The number of carbonyl (C=O) groups is 1. The summed E-state index contributed by atoms with van der Waals surface area (Å²) in [5.41, 5.74) is 17.1.